The monoisotopic (exact) mass is 739 g/mol. The Balaban J connectivity index is 2.02. The van der Waals surface area contributed by atoms with Crippen LogP contribution in [0.4, 0.5) is 0 Å². The molecule has 1 saturated carbocycles. The number of carbonyl (C=O) groups is 6. The summed E-state index contributed by atoms with van der Waals surface area (Å²) in [5.41, 5.74) is 5.45. The molecule has 0 aliphatic heterocycles. The normalized spacial score (nSPS) is 16.8. The SMILES string of the molecule is N[C@@H](CCCCNC(=O)CC[C@H](NC(=O)C1CCC(CNC(=O)CCCCCCCCCCCCCCCCCCC(=O)O)CC1)C(=O)O)C(=O)O. The molecule has 0 saturated heterocycles. The third-order valence-corrected chi connectivity index (χ3v) is 10.2. The van der Waals surface area contributed by atoms with Gasteiger partial charge in [0.2, 0.25) is 17.7 Å². The van der Waals surface area contributed by atoms with E-state index < -0.39 is 30.0 Å². The first-order chi connectivity index (χ1) is 25.0. The van der Waals surface area contributed by atoms with Gasteiger partial charge in [0.25, 0.3) is 0 Å². The highest BCUT2D eigenvalue weighted by atomic mass is 16.4. The summed E-state index contributed by atoms with van der Waals surface area (Å²) in [6, 6.07) is -2.08. The van der Waals surface area contributed by atoms with Crippen molar-refractivity contribution in [3.05, 3.63) is 0 Å². The minimum absolute atomic E-state index is 0.0263. The van der Waals surface area contributed by atoms with Gasteiger partial charge in [0, 0.05) is 38.3 Å². The first-order valence-electron chi connectivity index (χ1n) is 20.3. The highest BCUT2D eigenvalue weighted by Gasteiger charge is 2.29. The zero-order valence-electron chi connectivity index (χ0n) is 31.7. The number of hydrogen-bond acceptors (Lipinski definition) is 7. The molecule has 13 heteroatoms. The Morgan fingerprint density at radius 3 is 1.50 bits per heavy atom. The Morgan fingerprint density at radius 1 is 0.538 bits per heavy atom. The van der Waals surface area contributed by atoms with E-state index in [9.17, 15) is 33.9 Å². The summed E-state index contributed by atoms with van der Waals surface area (Å²) in [5.74, 6) is -3.49. The molecule has 0 aromatic carbocycles. The van der Waals surface area contributed by atoms with Crippen LogP contribution < -0.4 is 21.7 Å². The summed E-state index contributed by atoms with van der Waals surface area (Å²) in [5, 5.41) is 35.4. The largest absolute Gasteiger partial charge is 0.481 e. The van der Waals surface area contributed by atoms with Gasteiger partial charge in [-0.1, -0.05) is 89.9 Å². The molecular weight excluding hydrogens is 668 g/mol. The molecular formula is C39H70N4O9. The molecule has 0 bridgehead atoms. The summed E-state index contributed by atoms with van der Waals surface area (Å²) in [6.45, 7) is 0.936. The molecule has 0 unspecified atom stereocenters. The van der Waals surface area contributed by atoms with E-state index in [2.05, 4.69) is 16.0 Å². The van der Waals surface area contributed by atoms with Crippen LogP contribution in [-0.2, 0) is 28.8 Å². The number of carboxylic acids is 3. The third kappa shape index (κ3) is 25.7. The molecule has 1 aliphatic rings. The van der Waals surface area contributed by atoms with Crippen LogP contribution in [0.1, 0.15) is 173 Å². The van der Waals surface area contributed by atoms with Crippen molar-refractivity contribution < 1.29 is 44.1 Å². The molecule has 0 aromatic rings. The van der Waals surface area contributed by atoms with Crippen LogP contribution in [0.5, 0.6) is 0 Å². The lowest BCUT2D eigenvalue weighted by molar-refractivity contribution is -0.143. The fourth-order valence-corrected chi connectivity index (χ4v) is 6.76. The van der Waals surface area contributed by atoms with E-state index in [0.29, 0.717) is 64.0 Å². The van der Waals surface area contributed by atoms with Gasteiger partial charge >= 0.3 is 17.9 Å². The summed E-state index contributed by atoms with van der Waals surface area (Å²) >= 11 is 0. The molecule has 13 nitrogen and oxygen atoms in total. The number of hydrogen-bond donors (Lipinski definition) is 7. The zero-order valence-corrected chi connectivity index (χ0v) is 31.7. The molecule has 8 N–H and O–H groups in total. The predicted octanol–water partition coefficient (Wildman–Crippen LogP) is 6.06. The second-order valence-electron chi connectivity index (χ2n) is 14.8. The minimum Gasteiger partial charge on any atom is -0.481 e. The summed E-state index contributed by atoms with van der Waals surface area (Å²) < 4.78 is 0. The van der Waals surface area contributed by atoms with Crippen molar-refractivity contribution in [2.24, 2.45) is 17.6 Å². The van der Waals surface area contributed by atoms with Crippen molar-refractivity contribution in [1.82, 2.24) is 16.0 Å². The third-order valence-electron chi connectivity index (χ3n) is 10.2. The van der Waals surface area contributed by atoms with Gasteiger partial charge in [-0.25, -0.2) is 4.79 Å². The first kappa shape index (κ1) is 46.8. The Morgan fingerprint density at radius 2 is 1.02 bits per heavy atom. The zero-order chi connectivity index (χ0) is 38.4. The van der Waals surface area contributed by atoms with Crippen LogP contribution in [0, 0.1) is 11.8 Å². The van der Waals surface area contributed by atoms with Crippen molar-refractivity contribution in [1.29, 1.82) is 0 Å². The van der Waals surface area contributed by atoms with Crippen LogP contribution in [0.25, 0.3) is 0 Å². The fraction of sp³-hybridized carbons (Fsp3) is 0.846. The van der Waals surface area contributed by atoms with E-state index in [1.54, 1.807) is 0 Å². The molecule has 300 valence electrons. The molecule has 0 aromatic heterocycles. The number of rotatable bonds is 33. The number of carbonyl (C=O) groups excluding carboxylic acids is 3. The Bertz CT molecular complexity index is 1030. The Kier molecular flexibility index (Phi) is 27.2. The topological polar surface area (TPSA) is 225 Å². The van der Waals surface area contributed by atoms with Crippen molar-refractivity contribution >= 4 is 35.6 Å². The quantitative estimate of drug-likeness (QED) is 0.0385. The van der Waals surface area contributed by atoms with E-state index in [0.717, 1.165) is 51.4 Å². The van der Waals surface area contributed by atoms with Crippen LogP contribution in [-0.4, -0.2) is 76.1 Å². The second-order valence-corrected chi connectivity index (χ2v) is 14.8. The van der Waals surface area contributed by atoms with E-state index in [-0.39, 0.29) is 36.5 Å². The van der Waals surface area contributed by atoms with Gasteiger partial charge in [-0.2, -0.15) is 0 Å². The highest BCUT2D eigenvalue weighted by Crippen LogP contribution is 2.29. The molecule has 52 heavy (non-hydrogen) atoms. The van der Waals surface area contributed by atoms with Crippen LogP contribution in [0.2, 0.25) is 0 Å². The Hall–Kier alpha value is -3.22. The maximum atomic E-state index is 12.8. The maximum Gasteiger partial charge on any atom is 0.326 e. The molecule has 3 amide bonds. The average Bonchev–Trinajstić information content (AvgIpc) is 3.11. The second kappa shape index (κ2) is 30.3. The summed E-state index contributed by atoms with van der Waals surface area (Å²) in [6.07, 6.45) is 23.8. The van der Waals surface area contributed by atoms with E-state index in [1.165, 1.54) is 64.2 Å². The number of aliphatic carboxylic acids is 3. The van der Waals surface area contributed by atoms with Gasteiger partial charge in [-0.3, -0.25) is 24.0 Å². The summed E-state index contributed by atoms with van der Waals surface area (Å²) in [4.78, 5) is 70.3. The number of amides is 3. The predicted molar refractivity (Wildman–Crippen MR) is 200 cm³/mol. The van der Waals surface area contributed by atoms with E-state index in [1.807, 2.05) is 0 Å². The van der Waals surface area contributed by atoms with Crippen LogP contribution >= 0.6 is 0 Å². The van der Waals surface area contributed by atoms with Crippen molar-refractivity contribution in [2.45, 2.75) is 185 Å². The lowest BCUT2D eigenvalue weighted by Crippen LogP contribution is -2.45. The molecule has 1 rings (SSSR count). The van der Waals surface area contributed by atoms with Crippen molar-refractivity contribution in [3.8, 4) is 0 Å². The van der Waals surface area contributed by atoms with Gasteiger partial charge in [-0.05, 0) is 70.1 Å². The maximum absolute atomic E-state index is 12.8. The Labute approximate surface area is 311 Å². The van der Waals surface area contributed by atoms with Gasteiger partial charge in [0.05, 0.1) is 0 Å². The van der Waals surface area contributed by atoms with E-state index in [4.69, 9.17) is 15.9 Å². The standard InChI is InChI=1S/C39H70N4O9/c40-32(38(49)50)19-17-18-28-41-35(45)27-26-33(39(51)52)43-37(48)31-24-22-30(23-25-31)29-42-34(44)20-15-13-11-9-7-5-3-1-2-4-6-8-10-12-14-16-21-36(46)47/h30-33H,1-29,40H2,(H,41,45)(H,42,44)(H,43,48)(H,46,47)(H,49,50)(H,51,52)/t30?,31?,32-,33-/m0/s1. The van der Waals surface area contributed by atoms with Crippen molar-refractivity contribution in [3.63, 3.8) is 0 Å². The van der Waals surface area contributed by atoms with Gasteiger partial charge in [0.1, 0.15) is 12.1 Å². The number of unbranched alkanes of at least 4 members (excludes halogenated alkanes) is 16. The fourth-order valence-electron chi connectivity index (χ4n) is 6.76. The highest BCUT2D eigenvalue weighted by molar-refractivity contribution is 5.85. The lowest BCUT2D eigenvalue weighted by atomic mass is 9.81. The van der Waals surface area contributed by atoms with E-state index >= 15 is 0 Å². The van der Waals surface area contributed by atoms with Gasteiger partial charge in [0.15, 0.2) is 0 Å². The molecule has 0 radical (unpaired) electrons. The minimum atomic E-state index is -1.19. The van der Waals surface area contributed by atoms with Gasteiger partial charge < -0.3 is 37.0 Å². The number of nitrogens with two attached hydrogens (primary N) is 1. The van der Waals surface area contributed by atoms with Crippen LogP contribution in [0.3, 0.4) is 0 Å². The first-order valence-corrected chi connectivity index (χ1v) is 20.3. The lowest BCUT2D eigenvalue weighted by Gasteiger charge is -2.28. The smallest absolute Gasteiger partial charge is 0.326 e. The average molecular weight is 739 g/mol. The molecule has 1 fully saturated rings. The van der Waals surface area contributed by atoms with Crippen molar-refractivity contribution in [2.75, 3.05) is 13.1 Å². The molecule has 1 aliphatic carbocycles. The van der Waals surface area contributed by atoms with Crippen LogP contribution in [0.15, 0.2) is 0 Å². The number of carboxylic acid groups (broad SMARTS) is 3. The van der Waals surface area contributed by atoms with Gasteiger partial charge in [-0.15, -0.1) is 0 Å². The molecule has 0 heterocycles. The molecule has 0 spiro atoms. The summed E-state index contributed by atoms with van der Waals surface area (Å²) in [7, 11) is 0. The number of nitrogens with one attached hydrogen (secondary N) is 3. The molecule has 2 atom stereocenters.